The molecule has 0 spiro atoms. The van der Waals surface area contributed by atoms with Crippen LogP contribution in [0, 0.1) is 23.2 Å². The maximum absolute atomic E-state index is 10.0. The Morgan fingerprint density at radius 2 is 2.04 bits per heavy atom. The topological polar surface area (TPSA) is 40.5 Å². The zero-order chi connectivity index (χ0) is 17.3. The highest BCUT2D eigenvalue weighted by Crippen LogP contribution is 2.59. The number of hydrogen-bond donors (Lipinski definition) is 2. The van der Waals surface area contributed by atoms with Crippen molar-refractivity contribution in [3.05, 3.63) is 35.5 Å². The molecule has 0 heterocycles. The standard InChI is InChI=1S/C22H34O2/c1-15-6-7-17(13-21(15)24)8-9-18-5-4-12-22(3)19(16(2)14-23)10-11-20(18)22/h8-9,16,19-21,23-24H,1,4-7,10-14H2,2-3H3/b17-8-,18-9+/t16-,19-,20+,21-,22-/m1/s1. The molecule has 3 fully saturated rings. The van der Waals surface area contributed by atoms with Crippen molar-refractivity contribution in [3.8, 4) is 0 Å². The fourth-order valence-corrected chi connectivity index (χ4v) is 5.70. The predicted molar refractivity (Wildman–Crippen MR) is 99.6 cm³/mol. The summed E-state index contributed by atoms with van der Waals surface area (Å²) in [5.41, 5.74) is 4.34. The van der Waals surface area contributed by atoms with Crippen LogP contribution >= 0.6 is 0 Å². The van der Waals surface area contributed by atoms with Gasteiger partial charge in [0.15, 0.2) is 0 Å². The molecule has 0 radical (unpaired) electrons. The maximum atomic E-state index is 10.0. The minimum Gasteiger partial charge on any atom is -0.396 e. The number of rotatable bonds is 3. The molecule has 0 aromatic heterocycles. The molecule has 3 aliphatic rings. The quantitative estimate of drug-likeness (QED) is 0.731. The Labute approximate surface area is 147 Å². The molecule has 0 saturated heterocycles. The van der Waals surface area contributed by atoms with Crippen LogP contribution in [0.25, 0.3) is 0 Å². The Morgan fingerprint density at radius 1 is 1.25 bits per heavy atom. The highest BCUT2D eigenvalue weighted by molar-refractivity contribution is 5.28. The van der Waals surface area contributed by atoms with E-state index in [1.807, 2.05) is 0 Å². The molecule has 3 rings (SSSR count). The first-order valence-corrected chi connectivity index (χ1v) is 9.80. The molecule has 2 N–H and O–H groups in total. The fourth-order valence-electron chi connectivity index (χ4n) is 5.70. The van der Waals surface area contributed by atoms with E-state index in [4.69, 9.17) is 0 Å². The van der Waals surface area contributed by atoms with Gasteiger partial charge in [-0.3, -0.25) is 0 Å². The molecular weight excluding hydrogens is 296 g/mol. The zero-order valence-electron chi connectivity index (χ0n) is 15.4. The second-order valence-electron chi connectivity index (χ2n) is 8.70. The third kappa shape index (κ3) is 3.28. The molecule has 2 heteroatoms. The molecule has 0 bridgehead atoms. The second kappa shape index (κ2) is 7.17. The van der Waals surface area contributed by atoms with Gasteiger partial charge in [-0.2, -0.15) is 0 Å². The smallest absolute Gasteiger partial charge is 0.0784 e. The van der Waals surface area contributed by atoms with E-state index in [0.717, 1.165) is 24.8 Å². The van der Waals surface area contributed by atoms with E-state index in [2.05, 4.69) is 32.6 Å². The molecule has 0 amide bonds. The fraction of sp³-hybridized carbons (Fsp3) is 0.727. The minimum absolute atomic E-state index is 0.317. The first kappa shape index (κ1) is 17.9. The first-order chi connectivity index (χ1) is 11.5. The van der Waals surface area contributed by atoms with Crippen molar-refractivity contribution < 1.29 is 10.2 Å². The van der Waals surface area contributed by atoms with Gasteiger partial charge in [0.1, 0.15) is 0 Å². The van der Waals surface area contributed by atoms with Crippen LogP contribution in [0.3, 0.4) is 0 Å². The van der Waals surface area contributed by atoms with Crippen LogP contribution in [0.4, 0.5) is 0 Å². The van der Waals surface area contributed by atoms with Crippen molar-refractivity contribution in [2.24, 2.45) is 23.2 Å². The number of allylic oxidation sites excluding steroid dienone is 3. The summed E-state index contributed by atoms with van der Waals surface area (Å²) in [5.74, 6) is 1.76. The van der Waals surface area contributed by atoms with E-state index in [1.165, 1.54) is 37.7 Å². The van der Waals surface area contributed by atoms with Crippen molar-refractivity contribution in [1.82, 2.24) is 0 Å². The summed E-state index contributed by atoms with van der Waals surface area (Å²) in [5, 5.41) is 19.6. The van der Waals surface area contributed by atoms with E-state index < -0.39 is 0 Å². The van der Waals surface area contributed by atoms with Crippen LogP contribution < -0.4 is 0 Å². The summed E-state index contributed by atoms with van der Waals surface area (Å²) in [6.07, 6.45) is 13.4. The van der Waals surface area contributed by atoms with Gasteiger partial charge in [-0.1, -0.05) is 43.7 Å². The number of aliphatic hydroxyl groups is 2. The van der Waals surface area contributed by atoms with E-state index in [9.17, 15) is 10.2 Å². The van der Waals surface area contributed by atoms with E-state index in [-0.39, 0.29) is 6.10 Å². The number of fused-ring (bicyclic) bond motifs is 1. The summed E-state index contributed by atoms with van der Waals surface area (Å²) >= 11 is 0. The van der Waals surface area contributed by atoms with E-state index >= 15 is 0 Å². The molecule has 0 aromatic rings. The lowest BCUT2D eigenvalue weighted by atomic mass is 9.61. The van der Waals surface area contributed by atoms with Crippen LogP contribution in [0.15, 0.2) is 35.5 Å². The highest BCUT2D eigenvalue weighted by Gasteiger charge is 2.50. The van der Waals surface area contributed by atoms with Crippen LogP contribution in [0.1, 0.15) is 65.2 Å². The Balaban J connectivity index is 1.76. The molecule has 0 unspecified atom stereocenters. The van der Waals surface area contributed by atoms with Crippen molar-refractivity contribution in [1.29, 1.82) is 0 Å². The minimum atomic E-state index is -0.346. The number of aliphatic hydroxyl groups excluding tert-OH is 2. The Kier molecular flexibility index (Phi) is 5.36. The van der Waals surface area contributed by atoms with Gasteiger partial charge >= 0.3 is 0 Å². The van der Waals surface area contributed by atoms with E-state index in [0.29, 0.717) is 29.8 Å². The molecule has 3 saturated carbocycles. The summed E-state index contributed by atoms with van der Waals surface area (Å²) < 4.78 is 0. The summed E-state index contributed by atoms with van der Waals surface area (Å²) in [7, 11) is 0. The second-order valence-corrected chi connectivity index (χ2v) is 8.70. The normalized spacial score (nSPS) is 41.7. The molecule has 5 atom stereocenters. The van der Waals surface area contributed by atoms with Gasteiger partial charge in [0.25, 0.3) is 0 Å². The van der Waals surface area contributed by atoms with Gasteiger partial charge in [-0.25, -0.2) is 0 Å². The Morgan fingerprint density at radius 3 is 2.75 bits per heavy atom. The first-order valence-electron chi connectivity index (χ1n) is 9.80. The van der Waals surface area contributed by atoms with Gasteiger partial charge < -0.3 is 10.2 Å². The van der Waals surface area contributed by atoms with Crippen molar-refractivity contribution in [2.45, 2.75) is 71.3 Å². The van der Waals surface area contributed by atoms with Crippen molar-refractivity contribution in [3.63, 3.8) is 0 Å². The molecule has 134 valence electrons. The molecule has 3 aliphatic carbocycles. The van der Waals surface area contributed by atoms with Crippen molar-refractivity contribution >= 4 is 0 Å². The molecular formula is C22H34O2. The molecule has 24 heavy (non-hydrogen) atoms. The van der Waals surface area contributed by atoms with Crippen LogP contribution in [-0.2, 0) is 0 Å². The lowest BCUT2D eigenvalue weighted by Crippen LogP contribution is -2.36. The highest BCUT2D eigenvalue weighted by atomic mass is 16.3. The average Bonchev–Trinajstić information content (AvgIpc) is 2.92. The third-order valence-corrected chi connectivity index (χ3v) is 7.24. The third-order valence-electron chi connectivity index (χ3n) is 7.24. The van der Waals surface area contributed by atoms with E-state index in [1.54, 1.807) is 5.57 Å². The molecule has 2 nitrogen and oxygen atoms in total. The van der Waals surface area contributed by atoms with Gasteiger partial charge in [-0.15, -0.1) is 0 Å². The molecule has 0 aromatic carbocycles. The van der Waals surface area contributed by atoms with Gasteiger partial charge in [0, 0.05) is 6.61 Å². The average molecular weight is 331 g/mol. The SMILES string of the molecule is C=C1CC/C(=C/C=C2\CCC[C@]3(C)[C@@H]([C@H](C)CO)CC[C@@H]23)C[C@H]1O. The predicted octanol–water partition coefficient (Wildman–Crippen LogP) is 4.79. The summed E-state index contributed by atoms with van der Waals surface area (Å²) in [4.78, 5) is 0. The van der Waals surface area contributed by atoms with Crippen molar-refractivity contribution in [2.75, 3.05) is 6.61 Å². The Bertz CT molecular complexity index is 544. The number of hydrogen-bond acceptors (Lipinski definition) is 2. The zero-order valence-corrected chi connectivity index (χ0v) is 15.4. The van der Waals surface area contributed by atoms with Crippen LogP contribution in [0.5, 0.6) is 0 Å². The van der Waals surface area contributed by atoms with Crippen LogP contribution in [-0.4, -0.2) is 22.9 Å². The summed E-state index contributed by atoms with van der Waals surface area (Å²) in [6, 6.07) is 0. The molecule has 0 aliphatic heterocycles. The lowest BCUT2D eigenvalue weighted by molar-refractivity contribution is 0.0690. The summed E-state index contributed by atoms with van der Waals surface area (Å²) in [6.45, 7) is 8.95. The lowest BCUT2D eigenvalue weighted by Gasteiger charge is -2.44. The van der Waals surface area contributed by atoms with Gasteiger partial charge in [0.2, 0.25) is 0 Å². The Hall–Kier alpha value is -0.860. The van der Waals surface area contributed by atoms with Gasteiger partial charge in [-0.05, 0) is 80.1 Å². The monoisotopic (exact) mass is 330 g/mol. The maximum Gasteiger partial charge on any atom is 0.0784 e. The van der Waals surface area contributed by atoms with Gasteiger partial charge in [0.05, 0.1) is 6.10 Å². The van der Waals surface area contributed by atoms with Crippen LogP contribution in [0.2, 0.25) is 0 Å². The largest absolute Gasteiger partial charge is 0.396 e.